The summed E-state index contributed by atoms with van der Waals surface area (Å²) in [6.45, 7) is 12.4. The molecule has 2 rings (SSSR count). The molecule has 0 N–H and O–H groups in total. The molecule has 64 heavy (non-hydrogen) atoms. The third-order valence-corrected chi connectivity index (χ3v) is 24.4. The SMILES string of the molecule is CCCCCCCCCCCCCCCCOCOC1CCC[SiH2]N(CCCSSSSCCCN2CCC(OCOCCCCCCCCCCCCCCCC)CCC[SiH2]2)CC1. The third-order valence-electron chi connectivity index (χ3n) is 13.6. The van der Waals surface area contributed by atoms with E-state index in [2.05, 4.69) is 44.6 Å². The summed E-state index contributed by atoms with van der Waals surface area (Å²) < 4.78 is 29.9. The fourth-order valence-corrected chi connectivity index (χ4v) is 19.1. The molecule has 0 aliphatic carbocycles. The van der Waals surface area contributed by atoms with Gasteiger partial charge in [-0.15, -0.1) is 0 Å². The first-order valence-corrected chi connectivity index (χ1v) is 36.6. The second-order valence-corrected chi connectivity index (χ2v) is 29.9. The molecule has 0 aromatic heterocycles. The number of ether oxygens (including phenoxy) is 4. The summed E-state index contributed by atoms with van der Waals surface area (Å²) in [5.41, 5.74) is 0. The van der Waals surface area contributed by atoms with Crippen LogP contribution in [0.25, 0.3) is 0 Å². The lowest BCUT2D eigenvalue weighted by molar-refractivity contribution is -0.0956. The van der Waals surface area contributed by atoms with Crippen molar-refractivity contribution >= 4 is 60.6 Å². The highest BCUT2D eigenvalue weighted by Crippen LogP contribution is 2.43. The van der Waals surface area contributed by atoms with Crippen LogP contribution in [-0.4, -0.2) is 105 Å². The summed E-state index contributed by atoms with van der Waals surface area (Å²) in [7, 11) is 7.99. The second-order valence-electron chi connectivity index (χ2n) is 19.6. The number of nitrogens with zero attached hydrogens (tertiary/aromatic N) is 2. The maximum Gasteiger partial charge on any atom is 0.147 e. The molecule has 0 bridgehead atoms. The van der Waals surface area contributed by atoms with Crippen molar-refractivity contribution in [2.45, 2.75) is 269 Å². The minimum atomic E-state index is -0.0834. The lowest BCUT2D eigenvalue weighted by Crippen LogP contribution is -2.34. The van der Waals surface area contributed by atoms with Gasteiger partial charge in [-0.1, -0.05) is 215 Å². The Bertz CT molecular complexity index is 856. The van der Waals surface area contributed by atoms with Crippen LogP contribution < -0.4 is 0 Å². The molecule has 2 fully saturated rings. The Morgan fingerprint density at radius 2 is 0.734 bits per heavy atom. The van der Waals surface area contributed by atoms with Crippen molar-refractivity contribution in [3.63, 3.8) is 0 Å². The molecule has 2 aliphatic rings. The predicted octanol–water partition coefficient (Wildman–Crippen LogP) is 16.1. The second kappa shape index (κ2) is 51.0. The van der Waals surface area contributed by atoms with Gasteiger partial charge in [0.2, 0.25) is 0 Å². The fourth-order valence-electron chi connectivity index (χ4n) is 9.37. The zero-order chi connectivity index (χ0) is 45.3. The Balaban J connectivity index is 1.31. The minimum Gasteiger partial charge on any atom is -0.355 e. The minimum absolute atomic E-state index is 0.0834. The van der Waals surface area contributed by atoms with Gasteiger partial charge < -0.3 is 28.1 Å². The summed E-state index contributed by atoms with van der Waals surface area (Å²) in [6, 6.07) is 2.88. The lowest BCUT2D eigenvalue weighted by Gasteiger charge is -2.28. The summed E-state index contributed by atoms with van der Waals surface area (Å²) in [5, 5.41) is 0. The topological polar surface area (TPSA) is 43.4 Å². The molecular formula is C52H108N2O4S4Si2. The number of unbranched alkanes of at least 4 members (excludes halogenated alkanes) is 26. The Morgan fingerprint density at radius 3 is 1.08 bits per heavy atom. The predicted molar refractivity (Wildman–Crippen MR) is 299 cm³/mol. The van der Waals surface area contributed by atoms with E-state index in [1.165, 1.54) is 281 Å². The first kappa shape index (κ1) is 61.7. The van der Waals surface area contributed by atoms with Crippen LogP contribution >= 0.6 is 41.2 Å². The standard InChI is InChI=1S/C52H108N2O4S4Si2/c1-3-5-7-9-11-13-15-17-19-21-23-25-27-29-43-55-49-57-51-35-31-47-63-53(41-37-51)39-33-45-59-61-62-60-46-34-40-54-42-38-52(36-32-48-64-54)58-50-56-44-30-28-26-24-22-20-18-16-14-12-10-8-6-4-2/h51-52H,3-50,63-64H2,1-2H3. The van der Waals surface area contributed by atoms with Crippen LogP contribution in [0.3, 0.4) is 0 Å². The van der Waals surface area contributed by atoms with Crippen LogP contribution in [-0.2, 0) is 18.9 Å². The molecule has 0 aromatic rings. The quantitative estimate of drug-likeness (QED) is 0.0255. The van der Waals surface area contributed by atoms with E-state index < -0.39 is 0 Å². The zero-order valence-electron chi connectivity index (χ0n) is 42.7. The molecule has 382 valence electrons. The largest absolute Gasteiger partial charge is 0.355 e. The average Bonchev–Trinajstić information content (AvgIpc) is 3.29. The van der Waals surface area contributed by atoms with E-state index in [0.29, 0.717) is 25.8 Å². The highest BCUT2D eigenvalue weighted by Gasteiger charge is 2.18. The highest BCUT2D eigenvalue weighted by molar-refractivity contribution is 9.26. The lowest BCUT2D eigenvalue weighted by atomic mass is 10.0. The molecule has 0 amide bonds. The first-order valence-electron chi connectivity index (χ1n) is 28.2. The van der Waals surface area contributed by atoms with Gasteiger partial charge in [0, 0.05) is 24.7 Å². The normalized spacial score (nSPS) is 19.0. The summed E-state index contributed by atoms with van der Waals surface area (Å²) in [6.07, 6.45) is 50.2. The van der Waals surface area contributed by atoms with Crippen molar-refractivity contribution in [2.75, 3.05) is 64.5 Å². The number of rotatable bonds is 47. The zero-order valence-corrected chi connectivity index (χ0v) is 48.8. The van der Waals surface area contributed by atoms with Gasteiger partial charge in [0.1, 0.15) is 13.6 Å². The van der Waals surface area contributed by atoms with Crippen LogP contribution in [0.15, 0.2) is 0 Å². The van der Waals surface area contributed by atoms with Gasteiger partial charge in [-0.25, -0.2) is 0 Å². The van der Waals surface area contributed by atoms with E-state index in [1.807, 2.05) is 19.7 Å². The van der Waals surface area contributed by atoms with E-state index in [-0.39, 0.29) is 19.4 Å². The molecule has 2 unspecified atom stereocenters. The molecule has 0 aromatic carbocycles. The average molecular weight is 1010 g/mol. The van der Waals surface area contributed by atoms with E-state index in [9.17, 15) is 0 Å². The van der Waals surface area contributed by atoms with Crippen LogP contribution in [0.2, 0.25) is 12.1 Å². The summed E-state index contributed by atoms with van der Waals surface area (Å²) >= 11 is 0. The maximum absolute atomic E-state index is 6.22. The summed E-state index contributed by atoms with van der Waals surface area (Å²) in [5.74, 6) is 2.53. The maximum atomic E-state index is 6.22. The van der Waals surface area contributed by atoms with Gasteiger partial charge in [0.05, 0.1) is 31.6 Å². The van der Waals surface area contributed by atoms with Crippen molar-refractivity contribution in [3.8, 4) is 0 Å². The Hall–Kier alpha value is 1.59. The van der Waals surface area contributed by atoms with Crippen LogP contribution in [0, 0.1) is 0 Å². The van der Waals surface area contributed by atoms with Gasteiger partial charge in [-0.05, 0) is 109 Å². The van der Waals surface area contributed by atoms with Gasteiger partial charge >= 0.3 is 0 Å². The molecule has 0 radical (unpaired) electrons. The van der Waals surface area contributed by atoms with Crippen molar-refractivity contribution in [1.82, 2.24) is 9.13 Å². The highest BCUT2D eigenvalue weighted by atomic mass is 33.7. The first-order chi connectivity index (χ1) is 31.8. The van der Waals surface area contributed by atoms with E-state index in [0.717, 1.165) is 13.2 Å². The van der Waals surface area contributed by atoms with Crippen LogP contribution in [0.5, 0.6) is 0 Å². The molecule has 2 atom stereocenters. The van der Waals surface area contributed by atoms with Gasteiger partial charge in [-0.3, -0.25) is 0 Å². The van der Waals surface area contributed by atoms with E-state index in [1.54, 1.807) is 0 Å². The Morgan fingerprint density at radius 1 is 0.406 bits per heavy atom. The van der Waals surface area contributed by atoms with Gasteiger partial charge in [-0.2, -0.15) is 0 Å². The van der Waals surface area contributed by atoms with E-state index in [4.69, 9.17) is 18.9 Å². The van der Waals surface area contributed by atoms with Gasteiger partial charge in [0.15, 0.2) is 0 Å². The molecule has 2 heterocycles. The third kappa shape index (κ3) is 42.5. The van der Waals surface area contributed by atoms with Crippen LogP contribution in [0.4, 0.5) is 0 Å². The molecule has 2 aliphatic heterocycles. The molecule has 12 heteroatoms. The van der Waals surface area contributed by atoms with Crippen LogP contribution in [0.1, 0.15) is 245 Å². The number of hydrogen-bond donors (Lipinski definition) is 0. The van der Waals surface area contributed by atoms with Gasteiger partial charge in [0.25, 0.3) is 0 Å². The molecule has 0 spiro atoms. The van der Waals surface area contributed by atoms with E-state index >= 15 is 0 Å². The Kier molecular flexibility index (Phi) is 49.1. The van der Waals surface area contributed by atoms with Crippen molar-refractivity contribution < 1.29 is 18.9 Å². The Labute approximate surface area is 419 Å². The summed E-state index contributed by atoms with van der Waals surface area (Å²) in [4.78, 5) is 0. The van der Waals surface area contributed by atoms with Crippen molar-refractivity contribution in [3.05, 3.63) is 0 Å². The smallest absolute Gasteiger partial charge is 0.147 e. The molecular weight excluding hydrogens is 901 g/mol. The fraction of sp³-hybridized carbons (Fsp3) is 1.00. The molecule has 2 saturated heterocycles. The molecule has 6 nitrogen and oxygen atoms in total. The molecule has 0 saturated carbocycles. The number of hydrogen-bond acceptors (Lipinski definition) is 10. The monoisotopic (exact) mass is 1010 g/mol. The van der Waals surface area contributed by atoms with Crippen molar-refractivity contribution in [2.24, 2.45) is 0 Å². The van der Waals surface area contributed by atoms with Crippen molar-refractivity contribution in [1.29, 1.82) is 0 Å².